The number of methoxy groups -OCH3 is 1. The molecule has 2 N–H and O–H groups in total. The lowest BCUT2D eigenvalue weighted by atomic mass is 10.2. The van der Waals surface area contributed by atoms with E-state index in [4.69, 9.17) is 9.47 Å². The van der Waals surface area contributed by atoms with Gasteiger partial charge in [-0.15, -0.1) is 0 Å². The highest BCUT2D eigenvalue weighted by Crippen LogP contribution is 2.24. The Bertz CT molecular complexity index is 462. The maximum atomic E-state index is 11.8. The number of aryl methyl sites for hydroxylation is 1. The smallest absolute Gasteiger partial charge is 0.343 e. The number of anilines is 1. The van der Waals surface area contributed by atoms with Crippen molar-refractivity contribution in [3.8, 4) is 0 Å². The molecule has 8 heteroatoms. The maximum Gasteiger partial charge on any atom is 0.343 e. The van der Waals surface area contributed by atoms with E-state index in [0.29, 0.717) is 36.0 Å². The number of ether oxygens (including phenoxy) is 2. The third-order valence-electron chi connectivity index (χ3n) is 2.38. The molecule has 1 amide bonds. The topological polar surface area (TPSA) is 89.5 Å². The Kier molecular flexibility index (Phi) is 6.96. The predicted octanol–water partition coefficient (Wildman–Crippen LogP) is 0.803. The maximum absolute atomic E-state index is 11.8. The molecular formula is C12H19N3O4S. The van der Waals surface area contributed by atoms with E-state index in [2.05, 4.69) is 15.0 Å². The van der Waals surface area contributed by atoms with Crippen LogP contribution in [0.5, 0.6) is 0 Å². The lowest BCUT2D eigenvalue weighted by molar-refractivity contribution is -0.119. The Balaban J connectivity index is 2.56. The number of esters is 1. The van der Waals surface area contributed by atoms with Crippen molar-refractivity contribution < 1.29 is 19.1 Å². The fourth-order valence-corrected chi connectivity index (χ4v) is 2.23. The van der Waals surface area contributed by atoms with E-state index in [-0.39, 0.29) is 12.5 Å². The summed E-state index contributed by atoms with van der Waals surface area (Å²) in [5.41, 5.74) is 0.984. The molecule has 0 saturated carbocycles. The molecule has 0 aliphatic heterocycles. The lowest BCUT2D eigenvalue weighted by Gasteiger charge is -2.07. The molecule has 1 aromatic heterocycles. The molecule has 7 nitrogen and oxygen atoms in total. The van der Waals surface area contributed by atoms with Crippen LogP contribution in [0.2, 0.25) is 0 Å². The van der Waals surface area contributed by atoms with Crippen LogP contribution in [0.1, 0.15) is 23.0 Å². The number of rotatable bonds is 8. The Labute approximate surface area is 121 Å². The van der Waals surface area contributed by atoms with Gasteiger partial charge in [0.25, 0.3) is 0 Å². The molecule has 0 radical (unpaired) electrons. The molecule has 0 aromatic carbocycles. The van der Waals surface area contributed by atoms with E-state index in [1.807, 2.05) is 0 Å². The summed E-state index contributed by atoms with van der Waals surface area (Å²) < 4.78 is 13.9. The zero-order valence-corrected chi connectivity index (χ0v) is 12.6. The van der Waals surface area contributed by atoms with Crippen LogP contribution in [0.25, 0.3) is 0 Å². The number of carbonyl (C=O) groups is 2. The summed E-state index contributed by atoms with van der Waals surface area (Å²) in [6.45, 7) is 4.74. The van der Waals surface area contributed by atoms with Gasteiger partial charge in [0.2, 0.25) is 5.91 Å². The summed E-state index contributed by atoms with van der Waals surface area (Å²) in [7, 11) is 1.57. The number of hydrogen-bond donors (Lipinski definition) is 2. The highest BCUT2D eigenvalue weighted by Gasteiger charge is 2.19. The van der Waals surface area contributed by atoms with Crippen molar-refractivity contribution in [2.75, 3.05) is 38.7 Å². The van der Waals surface area contributed by atoms with E-state index in [0.717, 1.165) is 11.5 Å². The van der Waals surface area contributed by atoms with E-state index in [1.54, 1.807) is 21.0 Å². The summed E-state index contributed by atoms with van der Waals surface area (Å²) in [6.07, 6.45) is 0. The van der Waals surface area contributed by atoms with Gasteiger partial charge in [-0.25, -0.2) is 4.79 Å². The molecule has 112 valence electrons. The first-order valence-corrected chi connectivity index (χ1v) is 7.00. The number of aromatic nitrogens is 1. The molecule has 1 heterocycles. The highest BCUT2D eigenvalue weighted by molar-refractivity contribution is 7.10. The Morgan fingerprint density at radius 2 is 2.15 bits per heavy atom. The van der Waals surface area contributed by atoms with Crippen molar-refractivity contribution in [2.45, 2.75) is 13.8 Å². The van der Waals surface area contributed by atoms with E-state index in [9.17, 15) is 9.59 Å². The summed E-state index contributed by atoms with van der Waals surface area (Å²) in [5, 5.41) is 6.12. The highest BCUT2D eigenvalue weighted by atomic mass is 32.1. The van der Waals surface area contributed by atoms with Crippen molar-refractivity contribution in [2.24, 2.45) is 0 Å². The van der Waals surface area contributed by atoms with Crippen molar-refractivity contribution in [1.82, 2.24) is 9.69 Å². The normalized spacial score (nSPS) is 10.2. The fraction of sp³-hybridized carbons (Fsp3) is 0.583. The minimum absolute atomic E-state index is 0.0672. The first-order chi connectivity index (χ1) is 9.60. The number of nitrogens with one attached hydrogen (secondary N) is 2. The van der Waals surface area contributed by atoms with Crippen molar-refractivity contribution in [3.63, 3.8) is 0 Å². The number of carbonyl (C=O) groups excluding carboxylic acids is 2. The van der Waals surface area contributed by atoms with E-state index < -0.39 is 5.97 Å². The van der Waals surface area contributed by atoms with Gasteiger partial charge in [-0.1, -0.05) is 0 Å². The lowest BCUT2D eigenvalue weighted by Crippen LogP contribution is -2.32. The summed E-state index contributed by atoms with van der Waals surface area (Å²) in [6, 6.07) is 0. The molecule has 0 aliphatic carbocycles. The van der Waals surface area contributed by atoms with Gasteiger partial charge in [0, 0.05) is 13.7 Å². The quantitative estimate of drug-likeness (QED) is 0.545. The number of hydrogen-bond acceptors (Lipinski definition) is 7. The average molecular weight is 301 g/mol. The van der Waals surface area contributed by atoms with Crippen LogP contribution in [-0.2, 0) is 14.3 Å². The second kappa shape index (κ2) is 8.49. The first kappa shape index (κ1) is 16.4. The molecule has 0 bridgehead atoms. The number of amides is 1. The minimum atomic E-state index is -0.430. The molecule has 20 heavy (non-hydrogen) atoms. The van der Waals surface area contributed by atoms with Crippen LogP contribution in [0, 0.1) is 6.92 Å². The van der Waals surface area contributed by atoms with Gasteiger partial charge in [0.15, 0.2) is 0 Å². The van der Waals surface area contributed by atoms with Crippen LogP contribution < -0.4 is 10.6 Å². The van der Waals surface area contributed by atoms with Crippen LogP contribution >= 0.6 is 11.5 Å². The minimum Gasteiger partial charge on any atom is -0.462 e. The van der Waals surface area contributed by atoms with E-state index in [1.165, 1.54) is 0 Å². The van der Waals surface area contributed by atoms with Crippen molar-refractivity contribution in [1.29, 1.82) is 0 Å². The predicted molar refractivity (Wildman–Crippen MR) is 76.2 cm³/mol. The molecule has 0 aliphatic rings. The second-order valence-corrected chi connectivity index (χ2v) is 4.66. The first-order valence-electron chi connectivity index (χ1n) is 6.23. The van der Waals surface area contributed by atoms with Gasteiger partial charge < -0.3 is 20.1 Å². The molecule has 1 rings (SSSR count). The largest absolute Gasteiger partial charge is 0.462 e. The van der Waals surface area contributed by atoms with Gasteiger partial charge >= 0.3 is 5.97 Å². The Hall–Kier alpha value is -1.67. The average Bonchev–Trinajstić information content (AvgIpc) is 2.78. The van der Waals surface area contributed by atoms with Gasteiger partial charge in [-0.05, 0) is 25.4 Å². The van der Waals surface area contributed by atoms with Crippen LogP contribution in [0.4, 0.5) is 5.00 Å². The van der Waals surface area contributed by atoms with E-state index >= 15 is 0 Å². The zero-order valence-electron chi connectivity index (χ0n) is 11.8. The standard InChI is InChI=1S/C12H19N3O4S/c1-4-19-12(17)10-8(2)15-20-11(10)14-7-9(16)13-5-6-18-3/h14H,4-7H2,1-3H3,(H,13,16). The third-order valence-corrected chi connectivity index (χ3v) is 3.28. The molecule has 0 saturated heterocycles. The molecule has 1 aromatic rings. The molecule has 0 spiro atoms. The van der Waals surface area contributed by atoms with Gasteiger partial charge in [-0.3, -0.25) is 4.79 Å². The van der Waals surface area contributed by atoms with Crippen LogP contribution in [0.3, 0.4) is 0 Å². The molecular weight excluding hydrogens is 282 g/mol. The van der Waals surface area contributed by atoms with Crippen molar-refractivity contribution in [3.05, 3.63) is 11.3 Å². The second-order valence-electron chi connectivity index (χ2n) is 3.89. The summed E-state index contributed by atoms with van der Waals surface area (Å²) in [4.78, 5) is 23.3. The zero-order chi connectivity index (χ0) is 15.0. The number of nitrogens with zero attached hydrogens (tertiary/aromatic N) is 1. The Morgan fingerprint density at radius 3 is 2.80 bits per heavy atom. The molecule has 0 atom stereocenters. The van der Waals surface area contributed by atoms with Crippen LogP contribution in [-0.4, -0.2) is 49.7 Å². The third kappa shape index (κ3) is 4.78. The SMILES string of the molecule is CCOC(=O)c1c(C)nsc1NCC(=O)NCCOC. The van der Waals surface area contributed by atoms with Gasteiger partial charge in [0.1, 0.15) is 10.6 Å². The van der Waals surface area contributed by atoms with Crippen molar-refractivity contribution >= 4 is 28.4 Å². The Morgan fingerprint density at radius 1 is 1.40 bits per heavy atom. The monoisotopic (exact) mass is 301 g/mol. The summed E-state index contributed by atoms with van der Waals surface area (Å²) >= 11 is 1.13. The van der Waals surface area contributed by atoms with Crippen LogP contribution in [0.15, 0.2) is 0 Å². The fourth-order valence-electron chi connectivity index (χ4n) is 1.45. The summed E-state index contributed by atoms with van der Waals surface area (Å²) in [5.74, 6) is -0.607. The molecule has 0 unspecified atom stereocenters. The molecule has 0 fully saturated rings. The van der Waals surface area contributed by atoms with Gasteiger partial charge in [0.05, 0.1) is 25.5 Å². The van der Waals surface area contributed by atoms with Gasteiger partial charge in [-0.2, -0.15) is 4.37 Å².